The maximum Gasteiger partial charge on any atom is 0.257 e. The second-order valence-corrected chi connectivity index (χ2v) is 8.40. The van der Waals surface area contributed by atoms with Crippen LogP contribution in [0.25, 0.3) is 5.57 Å². The molecule has 0 aliphatic heterocycles. The van der Waals surface area contributed by atoms with Crippen molar-refractivity contribution in [3.8, 4) is 0 Å². The Morgan fingerprint density at radius 2 is 1.66 bits per heavy atom. The molecule has 1 aromatic heterocycles. The lowest BCUT2D eigenvalue weighted by Gasteiger charge is -2.19. The first-order valence-electron chi connectivity index (χ1n) is 9.90. The quantitative estimate of drug-likeness (QED) is 0.543. The van der Waals surface area contributed by atoms with E-state index in [4.69, 9.17) is 23.2 Å². The summed E-state index contributed by atoms with van der Waals surface area (Å²) >= 11 is 12.6. The van der Waals surface area contributed by atoms with Gasteiger partial charge in [0.05, 0.1) is 16.3 Å². The number of allylic oxidation sites excluding steroid dienone is 4. The average molecular weight is 431 g/mol. The standard InChI is InChI=1S/C22H22Cl2N2O.C2H6/c1-22(2,3)15-8-10-16(11-9-15)26-21(27)14-12-19(24)20(25-13-14)17-6-4-5-7-18(17)23;1-2/h6-13H,4-5H2,1-3H3,(H,26,27);1-2H3. The van der Waals surface area contributed by atoms with Crippen LogP contribution in [0.2, 0.25) is 5.02 Å². The zero-order chi connectivity index (χ0) is 21.6. The first-order chi connectivity index (χ1) is 13.8. The minimum atomic E-state index is -0.251. The van der Waals surface area contributed by atoms with Gasteiger partial charge in [0.25, 0.3) is 5.91 Å². The molecule has 1 aromatic carbocycles. The predicted molar refractivity (Wildman–Crippen MR) is 125 cm³/mol. The number of carbonyl (C=O) groups is 1. The number of pyridine rings is 1. The van der Waals surface area contributed by atoms with Crippen LogP contribution in [-0.2, 0) is 5.41 Å². The number of benzene rings is 1. The van der Waals surface area contributed by atoms with E-state index in [0.29, 0.717) is 21.3 Å². The lowest BCUT2D eigenvalue weighted by molar-refractivity contribution is 0.102. The normalized spacial score (nSPS) is 13.6. The van der Waals surface area contributed by atoms with Gasteiger partial charge in [0, 0.05) is 22.5 Å². The van der Waals surface area contributed by atoms with E-state index >= 15 is 0 Å². The van der Waals surface area contributed by atoms with Crippen molar-refractivity contribution in [1.29, 1.82) is 0 Å². The molecule has 29 heavy (non-hydrogen) atoms. The van der Waals surface area contributed by atoms with Crippen LogP contribution in [0.4, 0.5) is 5.69 Å². The molecule has 1 N–H and O–H groups in total. The first-order valence-corrected chi connectivity index (χ1v) is 10.7. The maximum absolute atomic E-state index is 12.5. The number of hydrogen-bond acceptors (Lipinski definition) is 2. The summed E-state index contributed by atoms with van der Waals surface area (Å²) in [4.78, 5) is 16.9. The molecular formula is C24H28Cl2N2O. The largest absolute Gasteiger partial charge is 0.322 e. The smallest absolute Gasteiger partial charge is 0.257 e. The van der Waals surface area contributed by atoms with E-state index in [1.807, 2.05) is 50.3 Å². The van der Waals surface area contributed by atoms with Crippen molar-refractivity contribution in [1.82, 2.24) is 4.98 Å². The van der Waals surface area contributed by atoms with E-state index in [2.05, 4.69) is 31.1 Å². The monoisotopic (exact) mass is 430 g/mol. The number of nitrogens with one attached hydrogen (secondary N) is 1. The number of nitrogens with zero attached hydrogens (tertiary/aromatic N) is 1. The fourth-order valence-corrected chi connectivity index (χ4v) is 3.42. The molecule has 0 atom stereocenters. The minimum Gasteiger partial charge on any atom is -0.322 e. The van der Waals surface area contributed by atoms with E-state index in [1.54, 1.807) is 6.07 Å². The molecule has 0 saturated carbocycles. The SMILES string of the molecule is CC.CC(C)(C)c1ccc(NC(=O)c2cnc(C3=CCCC=C3Cl)c(Cl)c2)cc1. The lowest BCUT2D eigenvalue weighted by atomic mass is 9.87. The van der Waals surface area contributed by atoms with Crippen molar-refractivity contribution < 1.29 is 4.79 Å². The van der Waals surface area contributed by atoms with Crippen molar-refractivity contribution >= 4 is 40.4 Å². The van der Waals surface area contributed by atoms with Crippen LogP contribution in [0.3, 0.4) is 0 Å². The Morgan fingerprint density at radius 1 is 1.03 bits per heavy atom. The Labute approximate surface area is 183 Å². The van der Waals surface area contributed by atoms with Gasteiger partial charge in [-0.3, -0.25) is 9.78 Å². The van der Waals surface area contributed by atoms with Crippen LogP contribution in [0.5, 0.6) is 0 Å². The summed E-state index contributed by atoms with van der Waals surface area (Å²) in [5.74, 6) is -0.251. The average Bonchev–Trinajstić information content (AvgIpc) is 2.70. The van der Waals surface area contributed by atoms with E-state index in [-0.39, 0.29) is 11.3 Å². The molecule has 0 saturated heterocycles. The second kappa shape index (κ2) is 10.1. The Bertz CT molecular complexity index is 923. The van der Waals surface area contributed by atoms with Gasteiger partial charge >= 0.3 is 0 Å². The number of carbonyl (C=O) groups excluding carboxylic acids is 1. The summed E-state index contributed by atoms with van der Waals surface area (Å²) in [6.07, 6.45) is 7.31. The van der Waals surface area contributed by atoms with Gasteiger partial charge in [-0.15, -0.1) is 0 Å². The second-order valence-electron chi connectivity index (χ2n) is 7.58. The van der Waals surface area contributed by atoms with Gasteiger partial charge in [-0.05, 0) is 42.0 Å². The topological polar surface area (TPSA) is 42.0 Å². The van der Waals surface area contributed by atoms with Gasteiger partial charge < -0.3 is 5.32 Å². The summed E-state index contributed by atoms with van der Waals surface area (Å²) in [7, 11) is 0. The van der Waals surface area contributed by atoms with E-state index in [1.165, 1.54) is 11.8 Å². The van der Waals surface area contributed by atoms with Gasteiger partial charge in [0.15, 0.2) is 0 Å². The third-order valence-corrected chi connectivity index (χ3v) is 5.11. The molecule has 1 amide bonds. The summed E-state index contributed by atoms with van der Waals surface area (Å²) in [5, 5.41) is 3.94. The number of rotatable bonds is 3. The molecule has 1 aliphatic carbocycles. The lowest BCUT2D eigenvalue weighted by Crippen LogP contribution is -2.14. The highest BCUT2D eigenvalue weighted by Gasteiger charge is 2.17. The Balaban J connectivity index is 0.00000145. The van der Waals surface area contributed by atoms with Crippen molar-refractivity contribution in [3.63, 3.8) is 0 Å². The fraction of sp³-hybridized carbons (Fsp3) is 0.333. The maximum atomic E-state index is 12.5. The first kappa shape index (κ1) is 23.2. The molecule has 3 nitrogen and oxygen atoms in total. The van der Waals surface area contributed by atoms with Crippen molar-refractivity contribution in [2.24, 2.45) is 0 Å². The molecule has 1 aliphatic rings. The van der Waals surface area contributed by atoms with Crippen molar-refractivity contribution in [2.75, 3.05) is 5.32 Å². The van der Waals surface area contributed by atoms with E-state index in [0.717, 1.165) is 24.1 Å². The van der Waals surface area contributed by atoms with Gasteiger partial charge in [-0.1, -0.05) is 82.1 Å². The zero-order valence-electron chi connectivity index (χ0n) is 17.6. The highest BCUT2D eigenvalue weighted by molar-refractivity contribution is 6.39. The molecule has 0 fully saturated rings. The van der Waals surface area contributed by atoms with Crippen LogP contribution < -0.4 is 5.32 Å². The highest BCUT2D eigenvalue weighted by atomic mass is 35.5. The molecule has 0 unspecified atom stereocenters. The van der Waals surface area contributed by atoms with Crippen LogP contribution in [0, 0.1) is 0 Å². The molecule has 5 heteroatoms. The Hall–Kier alpha value is -2.10. The summed E-state index contributed by atoms with van der Waals surface area (Å²) in [5.41, 5.74) is 3.83. The van der Waals surface area contributed by atoms with Crippen LogP contribution in [0.1, 0.15) is 69.1 Å². The van der Waals surface area contributed by atoms with Gasteiger partial charge in [-0.25, -0.2) is 0 Å². The fourth-order valence-electron chi connectivity index (χ4n) is 2.87. The molecule has 0 bridgehead atoms. The summed E-state index contributed by atoms with van der Waals surface area (Å²) in [6, 6.07) is 9.47. The van der Waals surface area contributed by atoms with Crippen molar-refractivity contribution in [2.45, 2.75) is 52.9 Å². The molecule has 154 valence electrons. The van der Waals surface area contributed by atoms with E-state index < -0.39 is 0 Å². The number of aromatic nitrogens is 1. The molecule has 1 heterocycles. The van der Waals surface area contributed by atoms with Crippen LogP contribution in [0.15, 0.2) is 53.7 Å². The number of amides is 1. The third kappa shape index (κ3) is 5.94. The van der Waals surface area contributed by atoms with Gasteiger partial charge in [0.2, 0.25) is 0 Å². The van der Waals surface area contributed by atoms with Crippen molar-refractivity contribution in [3.05, 3.63) is 75.6 Å². The number of hydrogen-bond donors (Lipinski definition) is 1. The number of halogens is 2. The van der Waals surface area contributed by atoms with Gasteiger partial charge in [0.1, 0.15) is 0 Å². The summed E-state index contributed by atoms with van der Waals surface area (Å²) < 4.78 is 0. The van der Waals surface area contributed by atoms with Gasteiger partial charge in [-0.2, -0.15) is 0 Å². The Kier molecular flexibility index (Phi) is 8.06. The summed E-state index contributed by atoms with van der Waals surface area (Å²) in [6.45, 7) is 10.5. The number of anilines is 1. The highest BCUT2D eigenvalue weighted by Crippen LogP contribution is 2.33. The zero-order valence-corrected chi connectivity index (χ0v) is 19.2. The molecule has 0 radical (unpaired) electrons. The molecule has 0 spiro atoms. The predicted octanol–water partition coefficient (Wildman–Crippen LogP) is 7.61. The third-order valence-electron chi connectivity index (χ3n) is 4.46. The molecular weight excluding hydrogens is 403 g/mol. The Morgan fingerprint density at radius 3 is 2.21 bits per heavy atom. The molecule has 3 rings (SSSR count). The molecule has 2 aromatic rings. The van der Waals surface area contributed by atoms with Crippen LogP contribution >= 0.6 is 23.2 Å². The van der Waals surface area contributed by atoms with E-state index in [9.17, 15) is 4.79 Å². The van der Waals surface area contributed by atoms with Crippen LogP contribution in [-0.4, -0.2) is 10.9 Å². The minimum absolute atomic E-state index is 0.0688.